The number of pyridine rings is 1. The standard InChI is InChI=1S/C15H18N2O2S2/c1-4-20-15(21-5-2)12(10-16)14(19-11(3)18)13-8-6-7-9-17-13/h6-9,14H,4-5H2,1-3H3. The normalized spacial score (nSPS) is 11.3. The first-order valence-electron chi connectivity index (χ1n) is 6.62. The fourth-order valence-corrected chi connectivity index (χ4v) is 3.82. The van der Waals surface area contributed by atoms with Gasteiger partial charge in [-0.15, -0.1) is 23.5 Å². The van der Waals surface area contributed by atoms with E-state index < -0.39 is 12.1 Å². The molecule has 1 rings (SSSR count). The van der Waals surface area contributed by atoms with Crippen LogP contribution < -0.4 is 0 Å². The Labute approximate surface area is 134 Å². The van der Waals surface area contributed by atoms with Crippen molar-refractivity contribution in [2.45, 2.75) is 26.9 Å². The molecule has 1 atom stereocenters. The van der Waals surface area contributed by atoms with E-state index in [0.717, 1.165) is 15.7 Å². The van der Waals surface area contributed by atoms with Gasteiger partial charge in [-0.25, -0.2) is 0 Å². The molecule has 112 valence electrons. The van der Waals surface area contributed by atoms with Crippen molar-refractivity contribution in [2.75, 3.05) is 11.5 Å². The number of rotatable bonds is 7. The summed E-state index contributed by atoms with van der Waals surface area (Å²) in [5.41, 5.74) is 1.01. The fraction of sp³-hybridized carbons (Fsp3) is 0.400. The van der Waals surface area contributed by atoms with Crippen LogP contribution in [-0.4, -0.2) is 22.5 Å². The number of thioether (sulfide) groups is 2. The molecular formula is C15H18N2O2S2. The van der Waals surface area contributed by atoms with Crippen LogP contribution in [0.1, 0.15) is 32.6 Å². The van der Waals surface area contributed by atoms with Gasteiger partial charge >= 0.3 is 5.97 Å². The number of nitrogens with zero attached hydrogens (tertiary/aromatic N) is 2. The van der Waals surface area contributed by atoms with Crippen LogP contribution in [0.15, 0.2) is 34.2 Å². The molecule has 0 saturated heterocycles. The van der Waals surface area contributed by atoms with Crippen molar-refractivity contribution in [3.8, 4) is 6.07 Å². The molecule has 1 aromatic heterocycles. The lowest BCUT2D eigenvalue weighted by Crippen LogP contribution is -2.13. The van der Waals surface area contributed by atoms with Gasteiger partial charge in [-0.3, -0.25) is 9.78 Å². The molecule has 6 heteroatoms. The zero-order chi connectivity index (χ0) is 15.7. The number of hydrogen-bond acceptors (Lipinski definition) is 6. The highest BCUT2D eigenvalue weighted by Crippen LogP contribution is 2.37. The zero-order valence-corrected chi connectivity index (χ0v) is 14.0. The van der Waals surface area contributed by atoms with E-state index in [-0.39, 0.29) is 0 Å². The predicted molar refractivity (Wildman–Crippen MR) is 87.6 cm³/mol. The van der Waals surface area contributed by atoms with Crippen molar-refractivity contribution < 1.29 is 9.53 Å². The monoisotopic (exact) mass is 322 g/mol. The Morgan fingerprint density at radius 1 is 1.38 bits per heavy atom. The number of hydrogen-bond donors (Lipinski definition) is 0. The Kier molecular flexibility index (Phi) is 7.95. The highest BCUT2D eigenvalue weighted by Gasteiger charge is 2.25. The number of nitriles is 1. The Morgan fingerprint density at radius 3 is 2.48 bits per heavy atom. The molecule has 1 unspecified atom stereocenters. The summed E-state index contributed by atoms with van der Waals surface area (Å²) in [5.74, 6) is 1.27. The van der Waals surface area contributed by atoms with Gasteiger partial charge in [0.2, 0.25) is 0 Å². The first-order valence-corrected chi connectivity index (χ1v) is 8.59. The Bertz CT molecular complexity index is 530. The molecule has 1 aromatic rings. The van der Waals surface area contributed by atoms with E-state index in [2.05, 4.69) is 11.1 Å². The van der Waals surface area contributed by atoms with Crippen LogP contribution in [0, 0.1) is 11.3 Å². The average Bonchev–Trinajstić information content (AvgIpc) is 2.48. The van der Waals surface area contributed by atoms with Gasteiger partial charge in [0.15, 0.2) is 6.10 Å². The SMILES string of the molecule is CCSC(SCC)=C(C#N)C(OC(C)=O)c1ccccn1. The van der Waals surface area contributed by atoms with Gasteiger partial charge in [-0.1, -0.05) is 19.9 Å². The second-order valence-electron chi connectivity index (χ2n) is 3.92. The van der Waals surface area contributed by atoms with Crippen molar-refractivity contribution in [1.29, 1.82) is 5.26 Å². The minimum absolute atomic E-state index is 0.430. The van der Waals surface area contributed by atoms with E-state index in [0.29, 0.717) is 11.3 Å². The van der Waals surface area contributed by atoms with Gasteiger partial charge in [0, 0.05) is 13.1 Å². The van der Waals surface area contributed by atoms with Crippen molar-refractivity contribution >= 4 is 29.5 Å². The van der Waals surface area contributed by atoms with Crippen LogP contribution in [0.3, 0.4) is 0 Å². The maximum absolute atomic E-state index is 11.4. The molecule has 0 aliphatic heterocycles. The molecule has 4 nitrogen and oxygen atoms in total. The maximum Gasteiger partial charge on any atom is 0.303 e. The van der Waals surface area contributed by atoms with Gasteiger partial charge in [0.25, 0.3) is 0 Å². The van der Waals surface area contributed by atoms with E-state index in [4.69, 9.17) is 4.74 Å². The molecule has 0 radical (unpaired) electrons. The Balaban J connectivity index is 3.29. The van der Waals surface area contributed by atoms with Crippen molar-refractivity contribution in [3.05, 3.63) is 39.9 Å². The summed E-state index contributed by atoms with van der Waals surface area (Å²) in [7, 11) is 0. The molecule has 21 heavy (non-hydrogen) atoms. The largest absolute Gasteiger partial charge is 0.450 e. The lowest BCUT2D eigenvalue weighted by atomic mass is 10.1. The van der Waals surface area contributed by atoms with Gasteiger partial charge < -0.3 is 4.74 Å². The van der Waals surface area contributed by atoms with Gasteiger partial charge in [-0.05, 0) is 23.6 Å². The summed E-state index contributed by atoms with van der Waals surface area (Å²) in [4.78, 5) is 15.6. The second-order valence-corrected chi connectivity index (χ2v) is 6.73. The smallest absolute Gasteiger partial charge is 0.303 e. The Hall–Kier alpha value is -1.45. The molecule has 0 saturated carbocycles. The van der Waals surface area contributed by atoms with Crippen LogP contribution >= 0.6 is 23.5 Å². The van der Waals surface area contributed by atoms with Crippen LogP contribution in [0.5, 0.6) is 0 Å². The summed E-state index contributed by atoms with van der Waals surface area (Å²) in [6.45, 7) is 5.39. The first kappa shape index (κ1) is 17.6. The lowest BCUT2D eigenvalue weighted by Gasteiger charge is -2.18. The van der Waals surface area contributed by atoms with E-state index >= 15 is 0 Å². The molecule has 0 aliphatic rings. The predicted octanol–water partition coefficient (Wildman–Crippen LogP) is 3.93. The third-order valence-electron chi connectivity index (χ3n) is 2.39. The lowest BCUT2D eigenvalue weighted by molar-refractivity contribution is -0.144. The highest BCUT2D eigenvalue weighted by atomic mass is 32.2. The van der Waals surface area contributed by atoms with Crippen LogP contribution in [0.2, 0.25) is 0 Å². The molecule has 0 bridgehead atoms. The molecular weight excluding hydrogens is 304 g/mol. The third-order valence-corrected chi connectivity index (χ3v) is 4.64. The summed E-state index contributed by atoms with van der Waals surface area (Å²) < 4.78 is 6.24. The maximum atomic E-state index is 11.4. The minimum atomic E-state index is -0.748. The van der Waals surface area contributed by atoms with Crippen LogP contribution in [-0.2, 0) is 9.53 Å². The summed E-state index contributed by atoms with van der Waals surface area (Å²) >= 11 is 3.17. The number of carbonyl (C=O) groups is 1. The van der Waals surface area contributed by atoms with E-state index in [9.17, 15) is 10.1 Å². The van der Waals surface area contributed by atoms with E-state index in [1.54, 1.807) is 41.9 Å². The zero-order valence-electron chi connectivity index (χ0n) is 12.3. The number of esters is 1. The van der Waals surface area contributed by atoms with Crippen molar-refractivity contribution in [3.63, 3.8) is 0 Å². The highest BCUT2D eigenvalue weighted by molar-refractivity contribution is 8.22. The molecule has 0 fully saturated rings. The third kappa shape index (κ3) is 5.44. The molecule has 0 N–H and O–H groups in total. The van der Waals surface area contributed by atoms with Gasteiger partial charge in [0.1, 0.15) is 6.07 Å². The molecule has 0 aliphatic carbocycles. The summed E-state index contributed by atoms with van der Waals surface area (Å²) in [6, 6.07) is 7.55. The first-order chi connectivity index (χ1) is 10.1. The van der Waals surface area contributed by atoms with Gasteiger partial charge in [-0.2, -0.15) is 5.26 Å². The van der Waals surface area contributed by atoms with Crippen LogP contribution in [0.25, 0.3) is 0 Å². The molecule has 0 spiro atoms. The number of aromatic nitrogens is 1. The van der Waals surface area contributed by atoms with Crippen molar-refractivity contribution in [2.24, 2.45) is 0 Å². The number of carbonyl (C=O) groups excluding carboxylic acids is 1. The minimum Gasteiger partial charge on any atom is -0.450 e. The molecule has 0 aromatic carbocycles. The quantitative estimate of drug-likeness (QED) is 0.560. The van der Waals surface area contributed by atoms with Crippen LogP contribution in [0.4, 0.5) is 0 Å². The Morgan fingerprint density at radius 2 is 2.05 bits per heavy atom. The molecule has 1 heterocycles. The van der Waals surface area contributed by atoms with Crippen molar-refractivity contribution in [1.82, 2.24) is 4.98 Å². The number of ether oxygens (including phenoxy) is 1. The topological polar surface area (TPSA) is 63.0 Å². The molecule has 0 amide bonds. The van der Waals surface area contributed by atoms with Gasteiger partial charge in [0.05, 0.1) is 15.5 Å². The summed E-state index contributed by atoms with van der Waals surface area (Å²) in [5, 5.41) is 9.54. The fourth-order valence-electron chi connectivity index (χ4n) is 1.63. The van der Waals surface area contributed by atoms with E-state index in [1.165, 1.54) is 6.92 Å². The second kappa shape index (κ2) is 9.48. The van der Waals surface area contributed by atoms with E-state index in [1.807, 2.05) is 19.9 Å². The summed E-state index contributed by atoms with van der Waals surface area (Å²) in [6.07, 6.45) is 0.877. The average molecular weight is 322 g/mol.